The minimum absolute atomic E-state index is 0.0534. The van der Waals surface area contributed by atoms with Crippen LogP contribution in [0, 0.1) is 10.1 Å². The standard InChI is InChI=1S/C13H16ClN3O3/c14-12-10(2-1-3-11(12)17(19)20)13(18)16-9-6-4-8(15)5-7-9/h1-3,8-9H,4-7,15H2,(H,16,18). The predicted octanol–water partition coefficient (Wildman–Crippen LogP) is 2.25. The average molecular weight is 298 g/mol. The van der Waals surface area contributed by atoms with E-state index >= 15 is 0 Å². The number of carbonyl (C=O) groups is 1. The lowest BCUT2D eigenvalue weighted by Gasteiger charge is -2.26. The molecule has 0 atom stereocenters. The van der Waals surface area contributed by atoms with Gasteiger partial charge < -0.3 is 11.1 Å². The molecule has 1 saturated carbocycles. The number of nitro groups is 1. The Morgan fingerprint density at radius 2 is 2.00 bits per heavy atom. The van der Waals surface area contributed by atoms with E-state index in [4.69, 9.17) is 17.3 Å². The molecule has 3 N–H and O–H groups in total. The van der Waals surface area contributed by atoms with Crippen LogP contribution in [0.1, 0.15) is 36.0 Å². The topological polar surface area (TPSA) is 98.3 Å². The Morgan fingerprint density at radius 3 is 2.60 bits per heavy atom. The van der Waals surface area contributed by atoms with E-state index in [1.165, 1.54) is 18.2 Å². The monoisotopic (exact) mass is 297 g/mol. The van der Waals surface area contributed by atoms with E-state index in [-0.39, 0.29) is 34.3 Å². The zero-order valence-electron chi connectivity index (χ0n) is 10.8. The van der Waals surface area contributed by atoms with Crippen LogP contribution in [0.5, 0.6) is 0 Å². The van der Waals surface area contributed by atoms with Gasteiger partial charge in [-0.1, -0.05) is 17.7 Å². The Kier molecular flexibility index (Phi) is 4.57. The van der Waals surface area contributed by atoms with E-state index in [1.54, 1.807) is 0 Å². The molecule has 108 valence electrons. The summed E-state index contributed by atoms with van der Waals surface area (Å²) >= 11 is 5.92. The van der Waals surface area contributed by atoms with Crippen molar-refractivity contribution in [3.05, 3.63) is 38.9 Å². The van der Waals surface area contributed by atoms with Crippen LogP contribution in [0.25, 0.3) is 0 Å². The maximum absolute atomic E-state index is 12.1. The fourth-order valence-electron chi connectivity index (χ4n) is 2.36. The molecule has 20 heavy (non-hydrogen) atoms. The number of nitrogens with one attached hydrogen (secondary N) is 1. The molecule has 0 heterocycles. The van der Waals surface area contributed by atoms with Crippen molar-refractivity contribution in [2.24, 2.45) is 5.73 Å². The molecule has 2 rings (SSSR count). The summed E-state index contributed by atoms with van der Waals surface area (Å²) in [5.41, 5.74) is 5.68. The summed E-state index contributed by atoms with van der Waals surface area (Å²) in [7, 11) is 0. The first-order chi connectivity index (χ1) is 9.49. The Morgan fingerprint density at radius 1 is 1.35 bits per heavy atom. The highest BCUT2D eigenvalue weighted by molar-refractivity contribution is 6.35. The largest absolute Gasteiger partial charge is 0.349 e. The van der Waals surface area contributed by atoms with Gasteiger partial charge in [-0.3, -0.25) is 14.9 Å². The first-order valence-corrected chi connectivity index (χ1v) is 6.86. The second-order valence-corrected chi connectivity index (χ2v) is 5.36. The van der Waals surface area contributed by atoms with Crippen molar-refractivity contribution >= 4 is 23.2 Å². The van der Waals surface area contributed by atoms with Crippen molar-refractivity contribution in [2.75, 3.05) is 0 Å². The Hall–Kier alpha value is -1.66. The van der Waals surface area contributed by atoms with Gasteiger partial charge in [0, 0.05) is 18.2 Å². The summed E-state index contributed by atoms with van der Waals surface area (Å²) < 4.78 is 0. The van der Waals surface area contributed by atoms with Crippen molar-refractivity contribution in [1.82, 2.24) is 5.32 Å². The van der Waals surface area contributed by atoms with Gasteiger partial charge in [-0.25, -0.2) is 0 Å². The zero-order chi connectivity index (χ0) is 14.7. The van der Waals surface area contributed by atoms with Crippen molar-refractivity contribution in [2.45, 2.75) is 37.8 Å². The molecule has 1 aliphatic rings. The lowest BCUT2D eigenvalue weighted by Crippen LogP contribution is -2.40. The lowest BCUT2D eigenvalue weighted by molar-refractivity contribution is -0.384. The number of hydrogen-bond acceptors (Lipinski definition) is 4. The maximum atomic E-state index is 12.1. The van der Waals surface area contributed by atoms with E-state index in [9.17, 15) is 14.9 Å². The second-order valence-electron chi connectivity index (χ2n) is 4.98. The van der Waals surface area contributed by atoms with Crippen molar-refractivity contribution < 1.29 is 9.72 Å². The van der Waals surface area contributed by atoms with Crippen LogP contribution in [0.15, 0.2) is 18.2 Å². The van der Waals surface area contributed by atoms with E-state index < -0.39 is 4.92 Å². The third kappa shape index (κ3) is 3.26. The highest BCUT2D eigenvalue weighted by Gasteiger charge is 2.24. The lowest BCUT2D eigenvalue weighted by atomic mass is 9.91. The Balaban J connectivity index is 2.10. The van der Waals surface area contributed by atoms with Gasteiger partial charge in [0.15, 0.2) is 0 Å². The number of hydrogen-bond donors (Lipinski definition) is 2. The van der Waals surface area contributed by atoms with Crippen LogP contribution in [-0.4, -0.2) is 22.9 Å². The molecule has 1 aromatic carbocycles. The second kappa shape index (κ2) is 6.19. The number of rotatable bonds is 3. The molecule has 1 aliphatic carbocycles. The van der Waals surface area contributed by atoms with Crippen LogP contribution >= 0.6 is 11.6 Å². The number of carbonyl (C=O) groups excluding carboxylic acids is 1. The van der Waals surface area contributed by atoms with Gasteiger partial charge in [0.2, 0.25) is 0 Å². The van der Waals surface area contributed by atoms with Crippen LogP contribution < -0.4 is 11.1 Å². The summed E-state index contributed by atoms with van der Waals surface area (Å²) in [5, 5.41) is 13.5. The highest BCUT2D eigenvalue weighted by Crippen LogP contribution is 2.28. The van der Waals surface area contributed by atoms with Crippen molar-refractivity contribution in [3.8, 4) is 0 Å². The number of amides is 1. The van der Waals surface area contributed by atoms with E-state index in [2.05, 4.69) is 5.32 Å². The molecule has 0 spiro atoms. The van der Waals surface area contributed by atoms with Crippen molar-refractivity contribution in [3.63, 3.8) is 0 Å². The van der Waals surface area contributed by atoms with Crippen LogP contribution in [0.2, 0.25) is 5.02 Å². The molecule has 1 fully saturated rings. The molecule has 7 heteroatoms. The minimum atomic E-state index is -0.598. The van der Waals surface area contributed by atoms with Crippen LogP contribution in [0.4, 0.5) is 5.69 Å². The Bertz CT molecular complexity index is 528. The smallest absolute Gasteiger partial charge is 0.288 e. The van der Waals surface area contributed by atoms with Gasteiger partial charge in [-0.2, -0.15) is 0 Å². The van der Waals surface area contributed by atoms with Gasteiger partial charge in [0.05, 0.1) is 10.5 Å². The van der Waals surface area contributed by atoms with E-state index in [1.807, 2.05) is 0 Å². The van der Waals surface area contributed by atoms with Gasteiger partial charge in [-0.15, -0.1) is 0 Å². The zero-order valence-corrected chi connectivity index (χ0v) is 11.6. The van der Waals surface area contributed by atoms with Crippen LogP contribution in [-0.2, 0) is 0 Å². The van der Waals surface area contributed by atoms with Gasteiger partial charge >= 0.3 is 0 Å². The van der Waals surface area contributed by atoms with E-state index in [0.717, 1.165) is 25.7 Å². The van der Waals surface area contributed by atoms with Gasteiger partial charge in [-0.05, 0) is 31.7 Å². The Labute approximate surface area is 121 Å². The summed E-state index contributed by atoms with van der Waals surface area (Å²) in [6.45, 7) is 0. The molecular weight excluding hydrogens is 282 g/mol. The minimum Gasteiger partial charge on any atom is -0.349 e. The normalized spacial score (nSPS) is 22.3. The fourth-order valence-corrected chi connectivity index (χ4v) is 2.64. The van der Waals surface area contributed by atoms with Crippen LogP contribution in [0.3, 0.4) is 0 Å². The SMILES string of the molecule is NC1CCC(NC(=O)c2cccc([N+](=O)[O-])c2Cl)CC1. The predicted molar refractivity (Wildman–Crippen MR) is 75.8 cm³/mol. The molecule has 0 aliphatic heterocycles. The number of nitrogens with two attached hydrogens (primary N) is 1. The highest BCUT2D eigenvalue weighted by atomic mass is 35.5. The molecule has 0 saturated heterocycles. The summed E-state index contributed by atoms with van der Waals surface area (Å²) in [4.78, 5) is 22.3. The molecule has 1 aromatic rings. The summed E-state index contributed by atoms with van der Waals surface area (Å²) in [5.74, 6) is -0.376. The van der Waals surface area contributed by atoms with E-state index in [0.29, 0.717) is 0 Å². The molecule has 0 unspecified atom stereocenters. The first-order valence-electron chi connectivity index (χ1n) is 6.48. The number of nitro benzene ring substituents is 1. The average Bonchev–Trinajstić information content (AvgIpc) is 2.41. The number of halogens is 1. The maximum Gasteiger partial charge on any atom is 0.288 e. The third-order valence-corrected chi connectivity index (χ3v) is 3.92. The quantitative estimate of drug-likeness (QED) is 0.660. The molecule has 1 amide bonds. The summed E-state index contributed by atoms with van der Waals surface area (Å²) in [6.07, 6.45) is 3.38. The van der Waals surface area contributed by atoms with Gasteiger partial charge in [0.1, 0.15) is 5.02 Å². The molecule has 0 radical (unpaired) electrons. The molecule has 6 nitrogen and oxygen atoms in total. The third-order valence-electron chi connectivity index (χ3n) is 3.53. The molecule has 0 aromatic heterocycles. The first kappa shape index (κ1) is 14.7. The van der Waals surface area contributed by atoms with Gasteiger partial charge in [0.25, 0.3) is 11.6 Å². The fraction of sp³-hybridized carbons (Fsp3) is 0.462. The summed E-state index contributed by atoms with van der Waals surface area (Å²) in [6, 6.07) is 4.47. The van der Waals surface area contributed by atoms with Crippen molar-refractivity contribution in [1.29, 1.82) is 0 Å². The molecule has 0 bridgehead atoms. The number of benzene rings is 1. The number of nitrogens with zero attached hydrogens (tertiary/aromatic N) is 1. The molecular formula is C13H16ClN3O3.